The number of thioether (sulfide) groups is 1. The smallest absolute Gasteiger partial charge is 0.285 e. The number of hydrogen-bond donors (Lipinski definition) is 1. The van der Waals surface area contributed by atoms with Crippen molar-refractivity contribution in [3.8, 4) is 5.88 Å². The molecule has 23 heavy (non-hydrogen) atoms. The standard InChI is InChI=1S/C17H22N2O3S/c1-12(2)9-15-16(22-11-13-7-5-4-6-8-13)18-14(10-20)17(23-3)19(15)21/h4-8,12,20H,9-11H2,1-3H3. The highest BCUT2D eigenvalue weighted by Crippen LogP contribution is 2.23. The lowest BCUT2D eigenvalue weighted by Gasteiger charge is -2.15. The molecule has 0 fully saturated rings. The molecule has 0 aliphatic rings. The van der Waals surface area contributed by atoms with Gasteiger partial charge in [-0.25, -0.2) is 4.98 Å². The van der Waals surface area contributed by atoms with Crippen molar-refractivity contribution in [3.05, 3.63) is 52.5 Å². The van der Waals surface area contributed by atoms with Gasteiger partial charge in [-0.15, -0.1) is 0 Å². The molecule has 1 heterocycles. The number of aromatic nitrogens is 2. The minimum absolute atomic E-state index is 0.290. The fourth-order valence-corrected chi connectivity index (χ4v) is 2.89. The van der Waals surface area contributed by atoms with Gasteiger partial charge in [0.25, 0.3) is 16.6 Å². The van der Waals surface area contributed by atoms with E-state index in [-0.39, 0.29) is 6.61 Å². The Morgan fingerprint density at radius 1 is 1.30 bits per heavy atom. The van der Waals surface area contributed by atoms with Crippen LogP contribution in [-0.2, 0) is 19.6 Å². The van der Waals surface area contributed by atoms with Crippen LogP contribution in [0.25, 0.3) is 0 Å². The van der Waals surface area contributed by atoms with Gasteiger partial charge in [-0.3, -0.25) is 0 Å². The second-order valence-electron chi connectivity index (χ2n) is 5.64. The number of nitrogens with zero attached hydrogens (tertiary/aromatic N) is 2. The molecule has 1 N–H and O–H groups in total. The largest absolute Gasteiger partial charge is 0.618 e. The van der Waals surface area contributed by atoms with E-state index in [1.54, 1.807) is 6.26 Å². The molecule has 0 aliphatic carbocycles. The quantitative estimate of drug-likeness (QED) is 0.479. The molecule has 0 bridgehead atoms. The summed E-state index contributed by atoms with van der Waals surface area (Å²) < 4.78 is 6.65. The Hall–Kier alpha value is -1.79. The number of ether oxygens (including phenoxy) is 1. The number of hydrogen-bond acceptors (Lipinski definition) is 5. The maximum absolute atomic E-state index is 12.6. The maximum Gasteiger partial charge on any atom is 0.285 e. The van der Waals surface area contributed by atoms with E-state index in [4.69, 9.17) is 4.74 Å². The highest BCUT2D eigenvalue weighted by Gasteiger charge is 2.25. The summed E-state index contributed by atoms with van der Waals surface area (Å²) in [7, 11) is 0. The van der Waals surface area contributed by atoms with Crippen LogP contribution in [0.3, 0.4) is 0 Å². The third kappa shape index (κ3) is 4.36. The van der Waals surface area contributed by atoms with E-state index >= 15 is 0 Å². The summed E-state index contributed by atoms with van der Waals surface area (Å²) in [5, 5.41) is 22.5. The molecule has 5 nitrogen and oxygen atoms in total. The Balaban J connectivity index is 2.37. The van der Waals surface area contributed by atoms with Gasteiger partial charge in [0.15, 0.2) is 0 Å². The molecule has 0 amide bonds. The van der Waals surface area contributed by atoms with Gasteiger partial charge in [-0.05, 0) is 17.7 Å². The van der Waals surface area contributed by atoms with Crippen molar-refractivity contribution in [3.63, 3.8) is 0 Å². The minimum atomic E-state index is -0.290. The zero-order valence-electron chi connectivity index (χ0n) is 13.7. The van der Waals surface area contributed by atoms with Crippen molar-refractivity contribution in [2.24, 2.45) is 5.92 Å². The molecule has 0 saturated carbocycles. The van der Waals surface area contributed by atoms with Crippen LogP contribution in [0.2, 0.25) is 0 Å². The van der Waals surface area contributed by atoms with Crippen LogP contribution in [0.4, 0.5) is 0 Å². The summed E-state index contributed by atoms with van der Waals surface area (Å²) in [6, 6.07) is 9.72. The number of benzene rings is 1. The van der Waals surface area contributed by atoms with Gasteiger partial charge in [-0.1, -0.05) is 55.9 Å². The second kappa shape index (κ2) is 8.17. The molecule has 0 unspecified atom stereocenters. The molecule has 0 aliphatic heterocycles. The van der Waals surface area contributed by atoms with E-state index in [0.717, 1.165) is 10.3 Å². The Morgan fingerprint density at radius 2 is 2.00 bits per heavy atom. The first kappa shape index (κ1) is 17.6. The average molecular weight is 334 g/mol. The summed E-state index contributed by atoms with van der Waals surface area (Å²) in [4.78, 5) is 4.38. The van der Waals surface area contributed by atoms with E-state index < -0.39 is 0 Å². The number of aliphatic hydroxyl groups is 1. The van der Waals surface area contributed by atoms with Gasteiger partial charge >= 0.3 is 0 Å². The molecule has 124 valence electrons. The number of aliphatic hydroxyl groups excluding tert-OH is 1. The van der Waals surface area contributed by atoms with Crippen molar-refractivity contribution >= 4 is 11.8 Å². The first-order chi connectivity index (χ1) is 11.1. The van der Waals surface area contributed by atoms with Gasteiger partial charge in [-0.2, -0.15) is 4.73 Å². The molecule has 0 atom stereocenters. The highest BCUT2D eigenvalue weighted by molar-refractivity contribution is 7.98. The molecule has 0 radical (unpaired) electrons. The third-order valence-electron chi connectivity index (χ3n) is 3.32. The monoisotopic (exact) mass is 334 g/mol. The Labute approximate surface area is 140 Å². The zero-order valence-corrected chi connectivity index (χ0v) is 14.5. The normalized spacial score (nSPS) is 11.0. The third-order valence-corrected chi connectivity index (χ3v) is 4.11. The van der Waals surface area contributed by atoms with Crippen LogP contribution in [0, 0.1) is 11.1 Å². The summed E-state index contributed by atoms with van der Waals surface area (Å²) in [5.74, 6) is 0.602. The predicted molar refractivity (Wildman–Crippen MR) is 90.2 cm³/mol. The fraction of sp³-hybridized carbons (Fsp3) is 0.412. The molecule has 1 aromatic heterocycles. The van der Waals surface area contributed by atoms with Crippen LogP contribution < -0.4 is 9.47 Å². The first-order valence-electron chi connectivity index (χ1n) is 7.53. The van der Waals surface area contributed by atoms with Crippen molar-refractivity contribution in [2.45, 2.75) is 38.5 Å². The van der Waals surface area contributed by atoms with Crippen molar-refractivity contribution in [1.82, 2.24) is 4.98 Å². The molecule has 0 spiro atoms. The lowest BCUT2D eigenvalue weighted by Crippen LogP contribution is -2.38. The van der Waals surface area contributed by atoms with E-state index in [1.807, 2.05) is 44.2 Å². The van der Waals surface area contributed by atoms with Crippen LogP contribution in [-0.4, -0.2) is 16.3 Å². The average Bonchev–Trinajstić information content (AvgIpc) is 2.55. The molecule has 1 aromatic carbocycles. The number of rotatable bonds is 7. The Kier molecular flexibility index (Phi) is 6.24. The molecule has 0 saturated heterocycles. The van der Waals surface area contributed by atoms with Gasteiger partial charge in [0.1, 0.15) is 12.3 Å². The van der Waals surface area contributed by atoms with E-state index in [9.17, 15) is 10.3 Å². The zero-order chi connectivity index (χ0) is 16.8. The van der Waals surface area contributed by atoms with Crippen LogP contribution >= 0.6 is 11.8 Å². The lowest BCUT2D eigenvalue weighted by molar-refractivity contribution is -0.655. The minimum Gasteiger partial charge on any atom is -0.618 e. The van der Waals surface area contributed by atoms with E-state index in [2.05, 4.69) is 4.98 Å². The van der Waals surface area contributed by atoms with Crippen LogP contribution in [0.1, 0.15) is 30.8 Å². The summed E-state index contributed by atoms with van der Waals surface area (Å²) in [6.07, 6.45) is 2.37. The van der Waals surface area contributed by atoms with Gasteiger partial charge in [0, 0.05) is 6.42 Å². The maximum atomic E-state index is 12.6. The van der Waals surface area contributed by atoms with Crippen molar-refractivity contribution in [2.75, 3.05) is 6.26 Å². The topological polar surface area (TPSA) is 69.3 Å². The second-order valence-corrected chi connectivity index (χ2v) is 6.44. The van der Waals surface area contributed by atoms with Gasteiger partial charge < -0.3 is 15.1 Å². The Morgan fingerprint density at radius 3 is 2.57 bits per heavy atom. The molecular formula is C17H22N2O3S. The van der Waals surface area contributed by atoms with Crippen molar-refractivity contribution in [1.29, 1.82) is 0 Å². The van der Waals surface area contributed by atoms with Crippen LogP contribution in [0.15, 0.2) is 35.4 Å². The van der Waals surface area contributed by atoms with Crippen LogP contribution in [0.5, 0.6) is 5.88 Å². The summed E-state index contributed by atoms with van der Waals surface area (Å²) >= 11 is 1.28. The van der Waals surface area contributed by atoms with E-state index in [1.165, 1.54) is 11.8 Å². The molecule has 2 aromatic rings. The summed E-state index contributed by atoms with van der Waals surface area (Å²) in [5.41, 5.74) is 1.86. The Bertz CT molecular complexity index is 648. The molecule has 2 rings (SSSR count). The highest BCUT2D eigenvalue weighted by atomic mass is 32.2. The fourth-order valence-electron chi connectivity index (χ4n) is 2.26. The van der Waals surface area contributed by atoms with Gasteiger partial charge in [0.2, 0.25) is 0 Å². The van der Waals surface area contributed by atoms with E-state index in [0.29, 0.717) is 41.2 Å². The van der Waals surface area contributed by atoms with Gasteiger partial charge in [0.05, 0.1) is 6.61 Å². The predicted octanol–water partition coefficient (Wildman–Crippen LogP) is 2.71. The first-order valence-corrected chi connectivity index (χ1v) is 8.76. The SMILES string of the molecule is CSc1c(CO)nc(OCc2ccccc2)c(CC(C)C)[n+]1[O-]. The van der Waals surface area contributed by atoms with Crippen molar-refractivity contribution < 1.29 is 14.6 Å². The summed E-state index contributed by atoms with van der Waals surface area (Å²) in [6.45, 7) is 4.13. The lowest BCUT2D eigenvalue weighted by atomic mass is 10.1. The molecule has 6 heteroatoms. The molecular weight excluding hydrogens is 312 g/mol.